The zero-order valence-corrected chi connectivity index (χ0v) is 11.9. The van der Waals surface area contributed by atoms with E-state index < -0.39 is 0 Å². The van der Waals surface area contributed by atoms with E-state index in [2.05, 4.69) is 48.1 Å². The topological polar surface area (TPSA) is 0 Å². The van der Waals surface area contributed by atoms with Gasteiger partial charge in [-0.25, -0.2) is 0 Å². The monoisotopic (exact) mass is 208 g/mol. The highest BCUT2D eigenvalue weighted by Gasteiger charge is 2.02. The molecule has 0 N–H and O–H groups in total. The van der Waals surface area contributed by atoms with E-state index in [9.17, 15) is 0 Å². The first-order chi connectivity index (χ1) is 6.91. The zero-order valence-electron chi connectivity index (χ0n) is 11.9. The van der Waals surface area contributed by atoms with E-state index in [4.69, 9.17) is 0 Å². The SMILES string of the molecule is C=C(C)/C(C)=C(C)\C(C)=C(\C)CC.CC. The van der Waals surface area contributed by atoms with Gasteiger partial charge in [0.1, 0.15) is 0 Å². The van der Waals surface area contributed by atoms with Gasteiger partial charge in [0.2, 0.25) is 0 Å². The van der Waals surface area contributed by atoms with Gasteiger partial charge in [0, 0.05) is 0 Å². The molecular formula is C15H28. The van der Waals surface area contributed by atoms with Crippen LogP contribution < -0.4 is 0 Å². The minimum absolute atomic E-state index is 1.13. The molecule has 0 aliphatic heterocycles. The van der Waals surface area contributed by atoms with E-state index in [0.717, 1.165) is 6.42 Å². The van der Waals surface area contributed by atoms with Gasteiger partial charge < -0.3 is 0 Å². The first-order valence-electron chi connectivity index (χ1n) is 5.91. The quantitative estimate of drug-likeness (QED) is 0.524. The first-order valence-corrected chi connectivity index (χ1v) is 5.91. The Labute approximate surface area is 96.8 Å². The van der Waals surface area contributed by atoms with Gasteiger partial charge in [-0.15, -0.1) is 0 Å². The smallest absolute Gasteiger partial charge is 0.0346 e. The van der Waals surface area contributed by atoms with Gasteiger partial charge in [-0.2, -0.15) is 0 Å². The van der Waals surface area contributed by atoms with Crippen LogP contribution in [0.3, 0.4) is 0 Å². The minimum Gasteiger partial charge on any atom is -0.0958 e. The maximum atomic E-state index is 3.96. The largest absolute Gasteiger partial charge is 0.0958 e. The molecule has 0 aromatic heterocycles. The van der Waals surface area contributed by atoms with Crippen molar-refractivity contribution >= 4 is 0 Å². The Morgan fingerprint density at radius 2 is 1.20 bits per heavy atom. The molecule has 88 valence electrons. The van der Waals surface area contributed by atoms with Gasteiger partial charge in [0.25, 0.3) is 0 Å². The Morgan fingerprint density at radius 3 is 1.47 bits per heavy atom. The molecular weight excluding hydrogens is 180 g/mol. The van der Waals surface area contributed by atoms with Gasteiger partial charge in [0.15, 0.2) is 0 Å². The summed E-state index contributed by atoms with van der Waals surface area (Å²) in [5, 5.41) is 0. The lowest BCUT2D eigenvalue weighted by atomic mass is 9.95. The molecule has 0 heterocycles. The number of allylic oxidation sites excluding steroid dienone is 5. The third kappa shape index (κ3) is 5.61. The van der Waals surface area contributed by atoms with E-state index in [1.165, 1.54) is 27.9 Å². The Kier molecular flexibility index (Phi) is 9.46. The highest BCUT2D eigenvalue weighted by atomic mass is 14.1. The normalized spacial score (nSPS) is 13.3. The van der Waals surface area contributed by atoms with Crippen molar-refractivity contribution in [1.82, 2.24) is 0 Å². The predicted molar refractivity (Wildman–Crippen MR) is 73.2 cm³/mol. The second kappa shape index (κ2) is 8.52. The molecule has 0 bridgehead atoms. The Balaban J connectivity index is 0. The van der Waals surface area contributed by atoms with Crippen LogP contribution in [0, 0.1) is 0 Å². The molecule has 0 aromatic carbocycles. The first kappa shape index (κ1) is 16.6. The second-order valence-corrected chi connectivity index (χ2v) is 3.79. The molecule has 0 amide bonds. The highest BCUT2D eigenvalue weighted by molar-refractivity contribution is 5.41. The summed E-state index contributed by atoms with van der Waals surface area (Å²) in [6.45, 7) is 20.9. The van der Waals surface area contributed by atoms with Gasteiger partial charge in [-0.3, -0.25) is 0 Å². The van der Waals surface area contributed by atoms with Crippen molar-refractivity contribution in [1.29, 1.82) is 0 Å². The number of rotatable bonds is 3. The van der Waals surface area contributed by atoms with Gasteiger partial charge >= 0.3 is 0 Å². The van der Waals surface area contributed by atoms with E-state index in [-0.39, 0.29) is 0 Å². The van der Waals surface area contributed by atoms with Gasteiger partial charge in [-0.05, 0) is 57.8 Å². The molecule has 0 atom stereocenters. The third-order valence-electron chi connectivity index (χ3n) is 2.94. The summed E-state index contributed by atoms with van der Waals surface area (Å²) in [6.07, 6.45) is 1.13. The summed E-state index contributed by atoms with van der Waals surface area (Å²) in [5.74, 6) is 0. The van der Waals surface area contributed by atoms with Crippen molar-refractivity contribution in [3.8, 4) is 0 Å². The molecule has 0 spiro atoms. The molecule has 0 aromatic rings. The molecule has 0 radical (unpaired) electrons. The average molecular weight is 208 g/mol. The Hall–Kier alpha value is -0.780. The highest BCUT2D eigenvalue weighted by Crippen LogP contribution is 2.22. The molecule has 0 aliphatic carbocycles. The van der Waals surface area contributed by atoms with E-state index >= 15 is 0 Å². The Morgan fingerprint density at radius 1 is 0.800 bits per heavy atom. The summed E-state index contributed by atoms with van der Waals surface area (Å²) >= 11 is 0. The van der Waals surface area contributed by atoms with Crippen LogP contribution >= 0.6 is 0 Å². The number of hydrogen-bond acceptors (Lipinski definition) is 0. The molecule has 0 aliphatic rings. The molecule has 0 unspecified atom stereocenters. The molecule has 15 heavy (non-hydrogen) atoms. The van der Waals surface area contributed by atoms with Crippen LogP contribution in [-0.2, 0) is 0 Å². The van der Waals surface area contributed by atoms with E-state index in [1.807, 2.05) is 13.8 Å². The molecule has 0 fully saturated rings. The fourth-order valence-electron chi connectivity index (χ4n) is 1.19. The van der Waals surface area contributed by atoms with Crippen molar-refractivity contribution in [3.05, 3.63) is 34.4 Å². The zero-order chi connectivity index (χ0) is 12.6. The maximum Gasteiger partial charge on any atom is -0.0346 e. The lowest BCUT2D eigenvalue weighted by molar-refractivity contribution is 1.05. The van der Waals surface area contributed by atoms with Crippen molar-refractivity contribution in [2.75, 3.05) is 0 Å². The van der Waals surface area contributed by atoms with Crippen LogP contribution in [-0.4, -0.2) is 0 Å². The van der Waals surface area contributed by atoms with Crippen LogP contribution in [0.1, 0.15) is 61.8 Å². The summed E-state index contributed by atoms with van der Waals surface area (Å²) in [7, 11) is 0. The molecule has 0 saturated heterocycles. The summed E-state index contributed by atoms with van der Waals surface area (Å²) in [4.78, 5) is 0. The lowest BCUT2D eigenvalue weighted by Crippen LogP contribution is -1.90. The molecule has 0 nitrogen and oxygen atoms in total. The van der Waals surface area contributed by atoms with Crippen LogP contribution in [0.25, 0.3) is 0 Å². The van der Waals surface area contributed by atoms with Crippen LogP contribution in [0.5, 0.6) is 0 Å². The summed E-state index contributed by atoms with van der Waals surface area (Å²) < 4.78 is 0. The van der Waals surface area contributed by atoms with Crippen molar-refractivity contribution in [3.63, 3.8) is 0 Å². The van der Waals surface area contributed by atoms with E-state index in [1.54, 1.807) is 0 Å². The molecule has 0 rings (SSSR count). The van der Waals surface area contributed by atoms with Crippen LogP contribution in [0.15, 0.2) is 34.4 Å². The number of hydrogen-bond donors (Lipinski definition) is 0. The standard InChI is InChI=1S/C13H22.C2H6/c1-8-10(4)12(6)13(7)11(5)9(2)3;1-2/h2,8H2,1,3-7H3;1-2H3/b12-10-,13-11-;. The molecule has 0 heteroatoms. The van der Waals surface area contributed by atoms with Crippen LogP contribution in [0.4, 0.5) is 0 Å². The summed E-state index contributed by atoms with van der Waals surface area (Å²) in [5.41, 5.74) is 6.76. The van der Waals surface area contributed by atoms with Gasteiger partial charge in [-0.1, -0.05) is 38.5 Å². The fraction of sp³-hybridized carbons (Fsp3) is 0.600. The summed E-state index contributed by atoms with van der Waals surface area (Å²) in [6, 6.07) is 0. The van der Waals surface area contributed by atoms with Crippen molar-refractivity contribution in [2.24, 2.45) is 0 Å². The molecule has 0 saturated carbocycles. The van der Waals surface area contributed by atoms with Crippen LogP contribution in [0.2, 0.25) is 0 Å². The Bertz CT molecular complexity index is 262. The minimum atomic E-state index is 1.13. The predicted octanol–water partition coefficient (Wildman–Crippen LogP) is 5.67. The third-order valence-corrected chi connectivity index (χ3v) is 2.94. The fourth-order valence-corrected chi connectivity index (χ4v) is 1.19. The van der Waals surface area contributed by atoms with Crippen molar-refractivity contribution < 1.29 is 0 Å². The van der Waals surface area contributed by atoms with Crippen molar-refractivity contribution in [2.45, 2.75) is 61.8 Å². The van der Waals surface area contributed by atoms with E-state index in [0.29, 0.717) is 0 Å². The average Bonchev–Trinajstić information content (AvgIpc) is 2.27. The maximum absolute atomic E-state index is 3.96. The lowest BCUT2D eigenvalue weighted by Gasteiger charge is -2.11. The van der Waals surface area contributed by atoms with Gasteiger partial charge in [0.05, 0.1) is 0 Å². The second-order valence-electron chi connectivity index (χ2n) is 3.79.